The Morgan fingerprint density at radius 2 is 2.33 bits per heavy atom. The van der Waals surface area contributed by atoms with Crippen LogP contribution in [-0.4, -0.2) is 34.5 Å². The first-order valence-corrected chi connectivity index (χ1v) is 6.22. The Kier molecular flexibility index (Phi) is 2.66. The van der Waals surface area contributed by atoms with E-state index in [9.17, 15) is 4.79 Å². The molecule has 2 N–H and O–H groups in total. The molecule has 3 rings (SSSR count). The molecule has 18 heavy (non-hydrogen) atoms. The zero-order valence-electron chi connectivity index (χ0n) is 10.3. The summed E-state index contributed by atoms with van der Waals surface area (Å²) in [5.41, 5.74) is 1.98. The van der Waals surface area contributed by atoms with Crippen molar-refractivity contribution in [3.8, 4) is 0 Å². The Balaban J connectivity index is 1.95. The quantitative estimate of drug-likeness (QED) is 0.806. The number of urea groups is 1. The van der Waals surface area contributed by atoms with E-state index in [0.717, 1.165) is 36.2 Å². The third-order valence-electron chi connectivity index (χ3n) is 3.45. The Bertz CT molecular complexity index is 544. The molecule has 1 aromatic carbocycles. The van der Waals surface area contributed by atoms with E-state index in [1.54, 1.807) is 7.05 Å². The molecule has 5 nitrogen and oxygen atoms in total. The number of imidazole rings is 1. The van der Waals surface area contributed by atoms with Crippen LogP contribution in [0.25, 0.3) is 11.0 Å². The summed E-state index contributed by atoms with van der Waals surface area (Å²) in [7, 11) is 1.66. The van der Waals surface area contributed by atoms with Crippen LogP contribution >= 0.6 is 0 Å². The molecule has 0 spiro atoms. The van der Waals surface area contributed by atoms with Gasteiger partial charge in [0.15, 0.2) is 0 Å². The number of likely N-dealkylation sites (tertiary alicyclic amines) is 1. The third kappa shape index (κ3) is 1.72. The van der Waals surface area contributed by atoms with Gasteiger partial charge in [-0.2, -0.15) is 0 Å². The second-order valence-electron chi connectivity index (χ2n) is 4.55. The van der Waals surface area contributed by atoms with Crippen molar-refractivity contribution in [1.29, 1.82) is 0 Å². The number of carbonyl (C=O) groups is 1. The van der Waals surface area contributed by atoms with E-state index in [0.29, 0.717) is 0 Å². The maximum Gasteiger partial charge on any atom is 0.317 e. The molecule has 0 aliphatic carbocycles. The van der Waals surface area contributed by atoms with Crippen LogP contribution in [0.4, 0.5) is 4.79 Å². The molecule has 0 radical (unpaired) electrons. The summed E-state index contributed by atoms with van der Waals surface area (Å²) in [5.74, 6) is 0.886. The number of fused-ring (bicyclic) bond motifs is 1. The van der Waals surface area contributed by atoms with Crippen molar-refractivity contribution >= 4 is 17.1 Å². The van der Waals surface area contributed by atoms with Gasteiger partial charge < -0.3 is 15.2 Å². The number of hydrogen-bond donors (Lipinski definition) is 2. The average Bonchev–Trinajstić information content (AvgIpc) is 3.03. The van der Waals surface area contributed by atoms with Crippen LogP contribution in [0.2, 0.25) is 0 Å². The van der Waals surface area contributed by atoms with Crippen molar-refractivity contribution in [3.05, 3.63) is 30.1 Å². The highest BCUT2D eigenvalue weighted by molar-refractivity contribution is 5.76. The average molecular weight is 244 g/mol. The number of carbonyl (C=O) groups excluding carboxylic acids is 1. The topological polar surface area (TPSA) is 61.0 Å². The number of amides is 2. The van der Waals surface area contributed by atoms with Crippen LogP contribution < -0.4 is 5.32 Å². The predicted molar refractivity (Wildman–Crippen MR) is 69.2 cm³/mol. The molecule has 0 bridgehead atoms. The summed E-state index contributed by atoms with van der Waals surface area (Å²) < 4.78 is 0. The number of para-hydroxylation sites is 2. The molecule has 94 valence electrons. The van der Waals surface area contributed by atoms with E-state index in [1.807, 2.05) is 29.2 Å². The van der Waals surface area contributed by atoms with Crippen LogP contribution in [0.3, 0.4) is 0 Å². The van der Waals surface area contributed by atoms with Crippen LogP contribution in [0.5, 0.6) is 0 Å². The van der Waals surface area contributed by atoms with Crippen molar-refractivity contribution in [1.82, 2.24) is 20.2 Å². The molecular weight excluding hydrogens is 228 g/mol. The summed E-state index contributed by atoms with van der Waals surface area (Å²) >= 11 is 0. The molecule has 0 saturated carbocycles. The van der Waals surface area contributed by atoms with Gasteiger partial charge in [-0.15, -0.1) is 0 Å². The predicted octanol–water partition coefficient (Wildman–Crippen LogP) is 2.04. The van der Waals surface area contributed by atoms with Gasteiger partial charge in [0.2, 0.25) is 0 Å². The molecule has 2 amide bonds. The molecule has 1 saturated heterocycles. The van der Waals surface area contributed by atoms with Crippen LogP contribution in [-0.2, 0) is 0 Å². The number of nitrogens with one attached hydrogen (secondary N) is 2. The van der Waals surface area contributed by atoms with Crippen molar-refractivity contribution < 1.29 is 4.79 Å². The number of aromatic amines is 1. The molecule has 1 atom stereocenters. The summed E-state index contributed by atoms with van der Waals surface area (Å²) in [6.07, 6.45) is 1.99. The molecule has 2 heterocycles. The first kappa shape index (κ1) is 11.1. The van der Waals surface area contributed by atoms with Crippen LogP contribution in [0.15, 0.2) is 24.3 Å². The molecule has 1 aromatic heterocycles. The number of nitrogens with zero attached hydrogens (tertiary/aromatic N) is 2. The first-order chi connectivity index (χ1) is 8.79. The lowest BCUT2D eigenvalue weighted by Gasteiger charge is -2.22. The van der Waals surface area contributed by atoms with Crippen LogP contribution in [0, 0.1) is 0 Å². The minimum atomic E-state index is -0.0297. The van der Waals surface area contributed by atoms with Gasteiger partial charge in [0.1, 0.15) is 5.82 Å². The highest BCUT2D eigenvalue weighted by Crippen LogP contribution is 2.31. The zero-order chi connectivity index (χ0) is 12.5. The summed E-state index contributed by atoms with van der Waals surface area (Å²) in [4.78, 5) is 21.5. The number of H-pyrrole nitrogens is 1. The summed E-state index contributed by atoms with van der Waals surface area (Å²) in [6, 6.07) is 7.97. The van der Waals surface area contributed by atoms with E-state index >= 15 is 0 Å². The minimum absolute atomic E-state index is 0.0297. The van der Waals surface area contributed by atoms with Gasteiger partial charge in [-0.25, -0.2) is 9.78 Å². The zero-order valence-corrected chi connectivity index (χ0v) is 10.3. The van der Waals surface area contributed by atoms with E-state index in [4.69, 9.17) is 0 Å². The summed E-state index contributed by atoms with van der Waals surface area (Å²) in [6.45, 7) is 0.793. The molecular formula is C13H16N4O. The first-order valence-electron chi connectivity index (χ1n) is 6.22. The van der Waals surface area contributed by atoms with Crippen LogP contribution in [0.1, 0.15) is 24.7 Å². The number of rotatable bonds is 1. The second kappa shape index (κ2) is 4.33. The van der Waals surface area contributed by atoms with E-state index < -0.39 is 0 Å². The molecule has 2 aromatic rings. The number of hydrogen-bond acceptors (Lipinski definition) is 2. The highest BCUT2D eigenvalue weighted by atomic mass is 16.2. The van der Waals surface area contributed by atoms with Gasteiger partial charge in [-0.3, -0.25) is 0 Å². The van der Waals surface area contributed by atoms with Gasteiger partial charge in [-0.1, -0.05) is 12.1 Å². The van der Waals surface area contributed by atoms with E-state index in [1.165, 1.54) is 0 Å². The number of benzene rings is 1. The SMILES string of the molecule is CNC(=O)N1CCCC1c1nc2ccccc2[nH]1. The van der Waals surface area contributed by atoms with Crippen molar-refractivity contribution in [2.75, 3.05) is 13.6 Å². The largest absolute Gasteiger partial charge is 0.341 e. The second-order valence-corrected chi connectivity index (χ2v) is 4.55. The summed E-state index contributed by atoms with van der Waals surface area (Å²) in [5, 5.41) is 2.69. The smallest absolute Gasteiger partial charge is 0.317 e. The number of aromatic nitrogens is 2. The minimum Gasteiger partial charge on any atom is -0.341 e. The van der Waals surface area contributed by atoms with E-state index in [-0.39, 0.29) is 12.1 Å². The Morgan fingerprint density at radius 1 is 1.50 bits per heavy atom. The maximum atomic E-state index is 11.8. The molecule has 1 aliphatic rings. The normalized spacial score (nSPS) is 19.4. The third-order valence-corrected chi connectivity index (χ3v) is 3.45. The lowest BCUT2D eigenvalue weighted by molar-refractivity contribution is 0.193. The van der Waals surface area contributed by atoms with Gasteiger partial charge in [-0.05, 0) is 25.0 Å². The molecule has 1 aliphatic heterocycles. The lowest BCUT2D eigenvalue weighted by Crippen LogP contribution is -2.37. The molecule has 1 fully saturated rings. The standard InChI is InChI=1S/C13H16N4O/c1-14-13(18)17-8-4-7-11(17)12-15-9-5-2-3-6-10(9)16-12/h2-3,5-6,11H,4,7-8H2,1H3,(H,14,18)(H,15,16). The molecule has 1 unspecified atom stereocenters. The van der Waals surface area contributed by atoms with Gasteiger partial charge in [0, 0.05) is 13.6 Å². The fourth-order valence-electron chi connectivity index (χ4n) is 2.57. The fourth-order valence-corrected chi connectivity index (χ4v) is 2.57. The Hall–Kier alpha value is -2.04. The van der Waals surface area contributed by atoms with Crippen molar-refractivity contribution in [2.45, 2.75) is 18.9 Å². The van der Waals surface area contributed by atoms with Gasteiger partial charge in [0.05, 0.1) is 17.1 Å². The maximum absolute atomic E-state index is 11.8. The lowest BCUT2D eigenvalue weighted by atomic mass is 10.2. The van der Waals surface area contributed by atoms with Crippen molar-refractivity contribution in [3.63, 3.8) is 0 Å². The monoisotopic (exact) mass is 244 g/mol. The van der Waals surface area contributed by atoms with Crippen molar-refractivity contribution in [2.24, 2.45) is 0 Å². The Morgan fingerprint density at radius 3 is 3.11 bits per heavy atom. The van der Waals surface area contributed by atoms with Gasteiger partial charge in [0.25, 0.3) is 0 Å². The van der Waals surface area contributed by atoms with E-state index in [2.05, 4.69) is 15.3 Å². The Labute approximate surface area is 105 Å². The highest BCUT2D eigenvalue weighted by Gasteiger charge is 2.31. The fraction of sp³-hybridized carbons (Fsp3) is 0.385. The molecule has 5 heteroatoms. The van der Waals surface area contributed by atoms with Gasteiger partial charge >= 0.3 is 6.03 Å².